The van der Waals surface area contributed by atoms with Gasteiger partial charge in [0.25, 0.3) is 0 Å². The van der Waals surface area contributed by atoms with Gasteiger partial charge in [0, 0.05) is 32.0 Å². The van der Waals surface area contributed by atoms with Crippen LogP contribution in [0.5, 0.6) is 5.75 Å². The summed E-state index contributed by atoms with van der Waals surface area (Å²) in [6, 6.07) is 4.34. The van der Waals surface area contributed by atoms with E-state index in [2.05, 4.69) is 19.9 Å². The summed E-state index contributed by atoms with van der Waals surface area (Å²) in [6.07, 6.45) is -2.23. The Balaban J connectivity index is 1.73. The van der Waals surface area contributed by atoms with Crippen molar-refractivity contribution in [3.8, 4) is 5.75 Å². The number of halogens is 6. The Hall–Kier alpha value is -3.82. The predicted octanol–water partition coefficient (Wildman–Crippen LogP) is 5.85. The topological polar surface area (TPSA) is 108 Å². The minimum Gasteiger partial charge on any atom is -0.489 e. The van der Waals surface area contributed by atoms with E-state index in [-0.39, 0.29) is 42.2 Å². The van der Waals surface area contributed by atoms with Crippen molar-refractivity contribution in [1.29, 1.82) is 0 Å². The van der Waals surface area contributed by atoms with Crippen LogP contribution in [0.1, 0.15) is 55.0 Å². The third kappa shape index (κ3) is 9.84. The van der Waals surface area contributed by atoms with Gasteiger partial charge in [-0.1, -0.05) is 12.8 Å². The minimum absolute atomic E-state index is 0.0574. The minimum atomic E-state index is -5.04. The molecule has 1 aromatic carbocycles. The fourth-order valence-corrected chi connectivity index (χ4v) is 5.79. The lowest BCUT2D eigenvalue weighted by atomic mass is 10.0. The number of nitrogens with zero attached hydrogens (tertiary/aromatic N) is 4. The summed E-state index contributed by atoms with van der Waals surface area (Å²) in [6.45, 7) is 2.43. The highest BCUT2D eigenvalue weighted by atomic mass is 32.2. The first-order chi connectivity index (χ1) is 21.5. The van der Waals surface area contributed by atoms with Crippen LogP contribution < -0.4 is 20.1 Å². The first-order valence-electron chi connectivity index (χ1n) is 14.6. The van der Waals surface area contributed by atoms with Gasteiger partial charge in [0.05, 0.1) is 47.2 Å². The molecule has 0 amide bonds. The average Bonchev–Trinajstić information content (AvgIpc) is 3.48. The first-order valence-corrected chi connectivity index (χ1v) is 16.7. The molecule has 2 aromatic heterocycles. The summed E-state index contributed by atoms with van der Waals surface area (Å²) >= 11 is 0. The third-order valence-electron chi connectivity index (χ3n) is 7.64. The number of benzene rings is 1. The normalized spacial score (nSPS) is 14.4. The van der Waals surface area contributed by atoms with E-state index in [1.54, 1.807) is 6.07 Å². The van der Waals surface area contributed by atoms with Crippen molar-refractivity contribution in [2.24, 2.45) is 5.92 Å². The van der Waals surface area contributed by atoms with Crippen LogP contribution in [0.2, 0.25) is 0 Å². The Morgan fingerprint density at radius 3 is 2.09 bits per heavy atom. The van der Waals surface area contributed by atoms with E-state index in [1.807, 2.05) is 6.92 Å². The molecule has 0 spiro atoms. The molecule has 252 valence electrons. The molecule has 4 rings (SSSR count). The Morgan fingerprint density at radius 1 is 0.935 bits per heavy atom. The van der Waals surface area contributed by atoms with Gasteiger partial charge in [0.1, 0.15) is 6.61 Å². The van der Waals surface area contributed by atoms with Crippen LogP contribution in [-0.2, 0) is 35.3 Å². The highest BCUT2D eigenvalue weighted by Gasteiger charge is 2.37. The largest absolute Gasteiger partial charge is 0.489 e. The number of aromatic amines is 1. The van der Waals surface area contributed by atoms with E-state index in [9.17, 15) is 39.6 Å². The molecule has 0 radical (unpaired) electrons. The molecule has 16 heteroatoms. The van der Waals surface area contributed by atoms with Gasteiger partial charge in [-0.15, -0.1) is 0 Å². The number of pyridine rings is 1. The molecule has 1 aliphatic rings. The van der Waals surface area contributed by atoms with Crippen LogP contribution in [0, 0.1) is 5.92 Å². The standard InChI is InChI=1S/C30H35F6N5O4S/c1-3-40(17-20-6-4-5-7-20)26-8-9-27(42)39-25(26)19-41(28-37-15-24(16-38-28)45-10-11-46(2,43)44)18-21-12-22(29(31,32)33)14-23(13-21)30(34,35)36/h8-9,12-16,20H,3-7,10-11,17-19H2,1-2H3,(H,39,42). The second-order valence-corrected chi connectivity index (χ2v) is 13.6. The number of H-pyrrole nitrogens is 1. The molecule has 1 N–H and O–H groups in total. The van der Waals surface area contributed by atoms with Crippen molar-refractivity contribution in [1.82, 2.24) is 15.0 Å². The first kappa shape index (κ1) is 35.0. The molecule has 0 aliphatic heterocycles. The van der Waals surface area contributed by atoms with Gasteiger partial charge in [0.15, 0.2) is 15.6 Å². The molecule has 2 heterocycles. The Morgan fingerprint density at radius 2 is 1.54 bits per heavy atom. The lowest BCUT2D eigenvalue weighted by Crippen LogP contribution is -2.32. The Kier molecular flexibility index (Phi) is 10.9. The quantitative estimate of drug-likeness (QED) is 0.225. The van der Waals surface area contributed by atoms with Crippen molar-refractivity contribution in [2.45, 2.75) is 58.0 Å². The van der Waals surface area contributed by atoms with Gasteiger partial charge in [0.2, 0.25) is 11.5 Å². The average molecular weight is 676 g/mol. The Labute approximate surface area is 262 Å². The highest BCUT2D eigenvalue weighted by Crippen LogP contribution is 2.37. The van der Waals surface area contributed by atoms with Crippen LogP contribution in [0.3, 0.4) is 0 Å². The highest BCUT2D eigenvalue weighted by molar-refractivity contribution is 7.90. The monoisotopic (exact) mass is 675 g/mol. The molecule has 1 aliphatic carbocycles. The van der Waals surface area contributed by atoms with E-state index in [0.717, 1.165) is 31.9 Å². The van der Waals surface area contributed by atoms with Crippen molar-refractivity contribution in [2.75, 3.05) is 41.5 Å². The molecule has 9 nitrogen and oxygen atoms in total. The Bertz CT molecular complexity index is 1610. The van der Waals surface area contributed by atoms with Crippen molar-refractivity contribution in [3.63, 3.8) is 0 Å². The lowest BCUT2D eigenvalue weighted by molar-refractivity contribution is -0.143. The predicted molar refractivity (Wildman–Crippen MR) is 160 cm³/mol. The van der Waals surface area contributed by atoms with Crippen LogP contribution in [-0.4, -0.2) is 55.1 Å². The number of sulfone groups is 1. The van der Waals surface area contributed by atoms with E-state index in [1.165, 1.54) is 23.4 Å². The molecular weight excluding hydrogens is 640 g/mol. The summed E-state index contributed by atoms with van der Waals surface area (Å²) in [5.41, 5.74) is -2.63. The number of anilines is 2. The van der Waals surface area contributed by atoms with Gasteiger partial charge in [-0.05, 0) is 55.5 Å². The summed E-state index contributed by atoms with van der Waals surface area (Å²) in [5, 5.41) is 0. The molecule has 1 saturated carbocycles. The zero-order valence-corrected chi connectivity index (χ0v) is 26.1. The molecule has 3 aromatic rings. The fourth-order valence-electron chi connectivity index (χ4n) is 5.41. The van der Waals surface area contributed by atoms with E-state index < -0.39 is 45.4 Å². The number of alkyl halides is 6. The number of aromatic nitrogens is 3. The lowest BCUT2D eigenvalue weighted by Gasteiger charge is -2.30. The number of nitrogens with one attached hydrogen (secondary N) is 1. The van der Waals surface area contributed by atoms with Gasteiger partial charge in [-0.3, -0.25) is 4.79 Å². The fraction of sp³-hybridized carbons (Fsp3) is 0.500. The molecule has 0 atom stereocenters. The van der Waals surface area contributed by atoms with Crippen molar-refractivity contribution in [3.05, 3.63) is 75.5 Å². The van der Waals surface area contributed by atoms with Crippen LogP contribution in [0.4, 0.5) is 38.0 Å². The zero-order valence-electron chi connectivity index (χ0n) is 25.3. The molecule has 46 heavy (non-hydrogen) atoms. The maximum atomic E-state index is 13.7. The molecular formula is C30H35F6N5O4S. The van der Waals surface area contributed by atoms with E-state index in [4.69, 9.17) is 4.74 Å². The SMILES string of the molecule is CCN(CC1CCCC1)c1ccc(=O)[nH]c1CN(Cc1cc(C(F)(F)F)cc(C(F)(F)F)c1)c1ncc(OCCS(C)(=O)=O)cn1. The third-order valence-corrected chi connectivity index (χ3v) is 8.55. The molecule has 0 saturated heterocycles. The van der Waals surface area contributed by atoms with Crippen LogP contribution >= 0.6 is 0 Å². The van der Waals surface area contributed by atoms with E-state index in [0.29, 0.717) is 42.5 Å². The van der Waals surface area contributed by atoms with Crippen molar-refractivity contribution < 1.29 is 39.5 Å². The molecule has 0 unspecified atom stereocenters. The van der Waals surface area contributed by atoms with Crippen LogP contribution in [0.15, 0.2) is 47.5 Å². The van der Waals surface area contributed by atoms with Gasteiger partial charge < -0.3 is 19.5 Å². The summed E-state index contributed by atoms with van der Waals surface area (Å²) < 4.78 is 110. The second kappa shape index (κ2) is 14.3. The summed E-state index contributed by atoms with van der Waals surface area (Å²) in [5.74, 6) is 0.209. The van der Waals surface area contributed by atoms with E-state index >= 15 is 0 Å². The number of rotatable bonds is 13. The maximum absolute atomic E-state index is 13.7. The van der Waals surface area contributed by atoms with Crippen molar-refractivity contribution >= 4 is 21.5 Å². The maximum Gasteiger partial charge on any atom is 0.416 e. The molecule has 1 fully saturated rings. The molecule has 0 bridgehead atoms. The van der Waals surface area contributed by atoms with Gasteiger partial charge >= 0.3 is 12.4 Å². The number of hydrogen-bond donors (Lipinski definition) is 1. The zero-order chi connectivity index (χ0) is 33.7. The van der Waals surface area contributed by atoms with Gasteiger partial charge in [-0.25, -0.2) is 18.4 Å². The van der Waals surface area contributed by atoms with Gasteiger partial charge in [-0.2, -0.15) is 26.3 Å². The summed E-state index contributed by atoms with van der Waals surface area (Å²) in [4.78, 5) is 27.1. The number of ether oxygens (including phenoxy) is 1. The summed E-state index contributed by atoms with van der Waals surface area (Å²) in [7, 11) is -3.31. The second-order valence-electron chi connectivity index (χ2n) is 11.3. The number of hydrogen-bond acceptors (Lipinski definition) is 8. The van der Waals surface area contributed by atoms with Crippen LogP contribution in [0.25, 0.3) is 0 Å². The smallest absolute Gasteiger partial charge is 0.416 e.